The van der Waals surface area contributed by atoms with Crippen LogP contribution in [0.5, 0.6) is 0 Å². The van der Waals surface area contributed by atoms with Crippen LogP contribution in [0.25, 0.3) is 0 Å². The lowest BCUT2D eigenvalue weighted by Gasteiger charge is -2.28. The number of fused-ring (bicyclic) bond motifs is 1. The van der Waals surface area contributed by atoms with Crippen LogP contribution in [0.4, 0.5) is 0 Å². The van der Waals surface area contributed by atoms with E-state index in [0.29, 0.717) is 19.6 Å². The van der Waals surface area contributed by atoms with Gasteiger partial charge in [-0.05, 0) is 36.3 Å². The SMILES string of the molecule is COCCN(CC(=O)O)C(=O)CC1CCCc2ccccc21. The molecule has 0 spiro atoms. The molecule has 2 rings (SSSR count). The highest BCUT2D eigenvalue weighted by Crippen LogP contribution is 2.34. The van der Waals surface area contributed by atoms with E-state index in [-0.39, 0.29) is 18.4 Å². The summed E-state index contributed by atoms with van der Waals surface area (Å²) in [5, 5.41) is 8.96. The van der Waals surface area contributed by atoms with E-state index in [4.69, 9.17) is 9.84 Å². The zero-order valence-corrected chi connectivity index (χ0v) is 13.0. The lowest BCUT2D eigenvalue weighted by Crippen LogP contribution is -2.38. The van der Waals surface area contributed by atoms with E-state index >= 15 is 0 Å². The van der Waals surface area contributed by atoms with Gasteiger partial charge in [0.25, 0.3) is 0 Å². The summed E-state index contributed by atoms with van der Waals surface area (Å²) in [5.41, 5.74) is 2.55. The lowest BCUT2D eigenvalue weighted by molar-refractivity contribution is -0.145. The first-order valence-corrected chi connectivity index (χ1v) is 7.68. The minimum absolute atomic E-state index is 0.110. The molecule has 22 heavy (non-hydrogen) atoms. The number of carbonyl (C=O) groups is 2. The second-order valence-corrected chi connectivity index (χ2v) is 5.69. The van der Waals surface area contributed by atoms with Crippen LogP contribution in [0.3, 0.4) is 0 Å². The van der Waals surface area contributed by atoms with Gasteiger partial charge in [-0.15, -0.1) is 0 Å². The molecule has 1 aromatic rings. The molecule has 5 nitrogen and oxygen atoms in total. The van der Waals surface area contributed by atoms with Crippen molar-refractivity contribution in [2.75, 3.05) is 26.8 Å². The standard InChI is InChI=1S/C17H23NO4/c1-22-10-9-18(12-17(20)21)16(19)11-14-7-4-6-13-5-2-3-8-15(13)14/h2-3,5,8,14H,4,6-7,9-12H2,1H3,(H,20,21). The predicted molar refractivity (Wildman–Crippen MR) is 82.8 cm³/mol. The number of hydrogen-bond acceptors (Lipinski definition) is 3. The van der Waals surface area contributed by atoms with Gasteiger partial charge < -0.3 is 14.7 Å². The van der Waals surface area contributed by atoms with Crippen molar-refractivity contribution in [3.8, 4) is 0 Å². The van der Waals surface area contributed by atoms with E-state index in [1.165, 1.54) is 16.0 Å². The average molecular weight is 305 g/mol. The second-order valence-electron chi connectivity index (χ2n) is 5.69. The molecule has 0 saturated heterocycles. The Morgan fingerprint density at radius 1 is 1.36 bits per heavy atom. The average Bonchev–Trinajstić information content (AvgIpc) is 2.51. The molecule has 5 heteroatoms. The third-order valence-corrected chi connectivity index (χ3v) is 4.16. The Morgan fingerprint density at radius 2 is 2.14 bits per heavy atom. The Labute approximate surface area is 130 Å². The highest BCUT2D eigenvalue weighted by molar-refractivity contribution is 5.82. The Balaban J connectivity index is 2.05. The first-order chi connectivity index (χ1) is 10.6. The largest absolute Gasteiger partial charge is 0.480 e. The summed E-state index contributed by atoms with van der Waals surface area (Å²) in [4.78, 5) is 24.8. The first-order valence-electron chi connectivity index (χ1n) is 7.68. The number of carboxylic acids is 1. The van der Waals surface area contributed by atoms with Crippen LogP contribution in [0.15, 0.2) is 24.3 Å². The molecule has 1 aliphatic rings. The van der Waals surface area contributed by atoms with Gasteiger partial charge in [-0.2, -0.15) is 0 Å². The van der Waals surface area contributed by atoms with Gasteiger partial charge in [-0.25, -0.2) is 0 Å². The van der Waals surface area contributed by atoms with Crippen molar-refractivity contribution in [2.45, 2.75) is 31.6 Å². The van der Waals surface area contributed by atoms with Crippen LogP contribution in [0, 0.1) is 0 Å². The van der Waals surface area contributed by atoms with Crippen molar-refractivity contribution in [2.24, 2.45) is 0 Å². The number of methoxy groups -OCH3 is 1. The molecule has 0 heterocycles. The number of ether oxygens (including phenoxy) is 1. The minimum Gasteiger partial charge on any atom is -0.480 e. The van der Waals surface area contributed by atoms with Crippen LogP contribution in [0.2, 0.25) is 0 Å². The van der Waals surface area contributed by atoms with Gasteiger partial charge in [-0.3, -0.25) is 9.59 Å². The molecular weight excluding hydrogens is 282 g/mol. The molecule has 1 aliphatic carbocycles. The minimum atomic E-state index is -0.992. The Bertz CT molecular complexity index is 529. The summed E-state index contributed by atoms with van der Waals surface area (Å²) < 4.78 is 4.96. The Kier molecular flexibility index (Phi) is 5.95. The van der Waals surface area contributed by atoms with Gasteiger partial charge >= 0.3 is 5.97 Å². The van der Waals surface area contributed by atoms with Crippen molar-refractivity contribution in [3.63, 3.8) is 0 Å². The number of amides is 1. The summed E-state index contributed by atoms with van der Waals surface area (Å²) in [6, 6.07) is 8.23. The molecule has 120 valence electrons. The van der Waals surface area contributed by atoms with Crippen molar-refractivity contribution in [1.29, 1.82) is 0 Å². The van der Waals surface area contributed by atoms with Gasteiger partial charge in [0.1, 0.15) is 6.54 Å². The number of aryl methyl sites for hydroxylation is 1. The van der Waals surface area contributed by atoms with Gasteiger partial charge in [0.2, 0.25) is 5.91 Å². The number of rotatable bonds is 7. The van der Waals surface area contributed by atoms with Crippen LogP contribution in [-0.4, -0.2) is 48.7 Å². The topological polar surface area (TPSA) is 66.8 Å². The predicted octanol–water partition coefficient (Wildman–Crippen LogP) is 2.06. The van der Waals surface area contributed by atoms with E-state index in [9.17, 15) is 9.59 Å². The maximum atomic E-state index is 12.5. The van der Waals surface area contributed by atoms with Gasteiger partial charge in [0.05, 0.1) is 6.61 Å². The molecular formula is C17H23NO4. The number of carboxylic acid groups (broad SMARTS) is 1. The maximum absolute atomic E-state index is 12.5. The normalized spacial score (nSPS) is 16.9. The molecule has 0 saturated carbocycles. The van der Waals surface area contributed by atoms with Gasteiger partial charge in [0, 0.05) is 20.1 Å². The van der Waals surface area contributed by atoms with Crippen LogP contribution >= 0.6 is 0 Å². The van der Waals surface area contributed by atoms with Gasteiger partial charge in [0.15, 0.2) is 0 Å². The van der Waals surface area contributed by atoms with Crippen LogP contribution in [-0.2, 0) is 20.7 Å². The van der Waals surface area contributed by atoms with E-state index in [1.807, 2.05) is 12.1 Å². The number of aliphatic carboxylic acids is 1. The third kappa shape index (κ3) is 4.31. The fourth-order valence-corrected chi connectivity index (χ4v) is 3.06. The molecule has 0 fully saturated rings. The van der Waals surface area contributed by atoms with E-state index < -0.39 is 5.97 Å². The zero-order chi connectivity index (χ0) is 15.9. The summed E-state index contributed by atoms with van der Waals surface area (Å²) >= 11 is 0. The summed E-state index contributed by atoms with van der Waals surface area (Å²) in [6.07, 6.45) is 3.48. The van der Waals surface area contributed by atoms with Crippen molar-refractivity contribution in [1.82, 2.24) is 4.90 Å². The Morgan fingerprint density at radius 3 is 2.86 bits per heavy atom. The molecule has 1 amide bonds. The van der Waals surface area contributed by atoms with Crippen LogP contribution in [0.1, 0.15) is 36.3 Å². The number of benzene rings is 1. The maximum Gasteiger partial charge on any atom is 0.323 e. The lowest BCUT2D eigenvalue weighted by atomic mass is 9.81. The fraction of sp³-hybridized carbons (Fsp3) is 0.529. The number of carbonyl (C=O) groups excluding carboxylic acids is 1. The smallest absolute Gasteiger partial charge is 0.323 e. The monoisotopic (exact) mass is 305 g/mol. The molecule has 1 aromatic carbocycles. The highest BCUT2D eigenvalue weighted by atomic mass is 16.5. The van der Waals surface area contributed by atoms with E-state index in [1.54, 1.807) is 7.11 Å². The zero-order valence-electron chi connectivity index (χ0n) is 13.0. The van der Waals surface area contributed by atoms with Crippen molar-refractivity contribution in [3.05, 3.63) is 35.4 Å². The summed E-state index contributed by atoms with van der Waals surface area (Å²) in [5.74, 6) is -0.911. The van der Waals surface area contributed by atoms with Crippen LogP contribution < -0.4 is 0 Å². The third-order valence-electron chi connectivity index (χ3n) is 4.16. The van der Waals surface area contributed by atoms with Crippen molar-refractivity contribution >= 4 is 11.9 Å². The van der Waals surface area contributed by atoms with E-state index in [0.717, 1.165) is 19.3 Å². The first kappa shape index (κ1) is 16.5. The van der Waals surface area contributed by atoms with Crippen molar-refractivity contribution < 1.29 is 19.4 Å². The summed E-state index contributed by atoms with van der Waals surface area (Å²) in [6.45, 7) is 0.396. The number of nitrogens with zero attached hydrogens (tertiary/aromatic N) is 1. The quantitative estimate of drug-likeness (QED) is 0.837. The van der Waals surface area contributed by atoms with Gasteiger partial charge in [-0.1, -0.05) is 24.3 Å². The molecule has 0 aliphatic heterocycles. The molecule has 0 radical (unpaired) electrons. The fourth-order valence-electron chi connectivity index (χ4n) is 3.06. The summed E-state index contributed by atoms with van der Waals surface area (Å²) in [7, 11) is 1.54. The molecule has 1 unspecified atom stereocenters. The Hall–Kier alpha value is -1.88. The molecule has 0 aromatic heterocycles. The number of hydrogen-bond donors (Lipinski definition) is 1. The molecule has 0 bridgehead atoms. The molecule has 1 atom stereocenters. The molecule has 1 N–H and O–H groups in total. The van der Waals surface area contributed by atoms with E-state index in [2.05, 4.69) is 12.1 Å². The highest BCUT2D eigenvalue weighted by Gasteiger charge is 2.25. The second kappa shape index (κ2) is 7.94.